The molecule has 88 valence electrons. The molecule has 1 heteroatoms. The monoisotopic (exact) mass is 217 g/mol. The Kier molecular flexibility index (Phi) is 4.00. The molecule has 1 saturated carbocycles. The Hall–Kier alpha value is -0.820. The molecule has 0 bridgehead atoms. The third-order valence-corrected chi connectivity index (χ3v) is 3.82. The number of nitrogens with one attached hydrogen (secondary N) is 1. The van der Waals surface area contributed by atoms with Crippen LogP contribution < -0.4 is 5.32 Å². The maximum absolute atomic E-state index is 3.42. The van der Waals surface area contributed by atoms with E-state index in [9.17, 15) is 0 Å². The van der Waals surface area contributed by atoms with Crippen molar-refractivity contribution in [2.75, 3.05) is 13.1 Å². The van der Waals surface area contributed by atoms with Crippen molar-refractivity contribution in [2.45, 2.75) is 32.6 Å². The normalized spacial score (nSPS) is 25.4. The SMILES string of the molecule is CCNCCC(C)C1CC1c1ccccc1. The zero-order valence-corrected chi connectivity index (χ0v) is 10.4. The van der Waals surface area contributed by atoms with Gasteiger partial charge in [-0.15, -0.1) is 0 Å². The van der Waals surface area contributed by atoms with Crippen molar-refractivity contribution < 1.29 is 0 Å². The van der Waals surface area contributed by atoms with Gasteiger partial charge in [0.15, 0.2) is 0 Å². The van der Waals surface area contributed by atoms with Gasteiger partial charge in [-0.3, -0.25) is 0 Å². The van der Waals surface area contributed by atoms with E-state index >= 15 is 0 Å². The van der Waals surface area contributed by atoms with Gasteiger partial charge in [-0.2, -0.15) is 0 Å². The van der Waals surface area contributed by atoms with E-state index in [2.05, 4.69) is 49.5 Å². The predicted octanol–water partition coefficient (Wildman–Crippen LogP) is 3.43. The van der Waals surface area contributed by atoms with Crippen molar-refractivity contribution in [1.29, 1.82) is 0 Å². The van der Waals surface area contributed by atoms with Crippen molar-refractivity contribution in [3.63, 3.8) is 0 Å². The molecule has 0 spiro atoms. The van der Waals surface area contributed by atoms with Crippen molar-refractivity contribution in [2.24, 2.45) is 11.8 Å². The number of hydrogen-bond acceptors (Lipinski definition) is 1. The van der Waals surface area contributed by atoms with E-state index in [1.165, 1.54) is 19.4 Å². The summed E-state index contributed by atoms with van der Waals surface area (Å²) in [6.45, 7) is 6.86. The Morgan fingerprint density at radius 2 is 2.06 bits per heavy atom. The van der Waals surface area contributed by atoms with Gasteiger partial charge < -0.3 is 5.32 Å². The van der Waals surface area contributed by atoms with Gasteiger partial charge in [0.25, 0.3) is 0 Å². The van der Waals surface area contributed by atoms with Gasteiger partial charge in [-0.25, -0.2) is 0 Å². The second kappa shape index (κ2) is 5.49. The fraction of sp³-hybridized carbons (Fsp3) is 0.600. The molecular formula is C15H23N. The zero-order valence-electron chi connectivity index (χ0n) is 10.4. The van der Waals surface area contributed by atoms with Crippen molar-refractivity contribution in [1.82, 2.24) is 5.32 Å². The van der Waals surface area contributed by atoms with Crippen LogP contribution in [0.4, 0.5) is 0 Å². The first-order chi connectivity index (χ1) is 7.83. The molecule has 0 aromatic heterocycles. The summed E-state index contributed by atoms with van der Waals surface area (Å²) in [7, 11) is 0. The average Bonchev–Trinajstić information content (AvgIpc) is 3.10. The van der Waals surface area contributed by atoms with Crippen LogP contribution in [0, 0.1) is 11.8 Å². The molecule has 1 nitrogen and oxygen atoms in total. The topological polar surface area (TPSA) is 12.0 Å². The average molecular weight is 217 g/mol. The summed E-state index contributed by atoms with van der Waals surface area (Å²) in [6.07, 6.45) is 2.72. The van der Waals surface area contributed by atoms with Gasteiger partial charge >= 0.3 is 0 Å². The Balaban J connectivity index is 1.78. The van der Waals surface area contributed by atoms with Crippen LogP contribution in [0.1, 0.15) is 38.2 Å². The van der Waals surface area contributed by atoms with Crippen LogP contribution in [0.2, 0.25) is 0 Å². The summed E-state index contributed by atoms with van der Waals surface area (Å²) in [4.78, 5) is 0. The van der Waals surface area contributed by atoms with Crippen molar-refractivity contribution in [3.8, 4) is 0 Å². The van der Waals surface area contributed by atoms with Crippen molar-refractivity contribution >= 4 is 0 Å². The lowest BCUT2D eigenvalue weighted by molar-refractivity contribution is 0.446. The second-order valence-electron chi connectivity index (χ2n) is 5.04. The molecule has 0 amide bonds. The van der Waals surface area contributed by atoms with Crippen molar-refractivity contribution in [3.05, 3.63) is 35.9 Å². The summed E-state index contributed by atoms with van der Waals surface area (Å²) >= 11 is 0. The number of benzene rings is 1. The molecule has 1 aliphatic rings. The lowest BCUT2D eigenvalue weighted by Crippen LogP contribution is -2.17. The highest BCUT2D eigenvalue weighted by Gasteiger charge is 2.41. The van der Waals surface area contributed by atoms with Crippen LogP contribution in [0.15, 0.2) is 30.3 Å². The summed E-state index contributed by atoms with van der Waals surface area (Å²) < 4.78 is 0. The summed E-state index contributed by atoms with van der Waals surface area (Å²) in [5.41, 5.74) is 1.54. The molecular weight excluding hydrogens is 194 g/mol. The van der Waals surface area contributed by atoms with Gasteiger partial charge in [0.2, 0.25) is 0 Å². The maximum Gasteiger partial charge on any atom is -0.00464 e. The molecule has 0 aliphatic heterocycles. The minimum absolute atomic E-state index is 0.845. The standard InChI is InChI=1S/C15H23N/c1-3-16-10-9-12(2)14-11-15(14)13-7-5-4-6-8-13/h4-8,12,14-16H,3,9-11H2,1-2H3. The quantitative estimate of drug-likeness (QED) is 0.720. The smallest absolute Gasteiger partial charge is 0.00464 e. The van der Waals surface area contributed by atoms with E-state index in [4.69, 9.17) is 0 Å². The van der Waals surface area contributed by atoms with Gasteiger partial charge in [0, 0.05) is 0 Å². The molecule has 1 aromatic carbocycles. The van der Waals surface area contributed by atoms with Gasteiger partial charge in [-0.1, -0.05) is 44.2 Å². The minimum atomic E-state index is 0.845. The fourth-order valence-electron chi connectivity index (χ4n) is 2.65. The first kappa shape index (κ1) is 11.7. The third kappa shape index (κ3) is 2.85. The van der Waals surface area contributed by atoms with Crippen LogP contribution in [0.5, 0.6) is 0 Å². The van der Waals surface area contributed by atoms with E-state index in [0.717, 1.165) is 24.3 Å². The molecule has 2 rings (SSSR count). The van der Waals surface area contributed by atoms with Crippen LogP contribution in [-0.4, -0.2) is 13.1 Å². The van der Waals surface area contributed by atoms with E-state index in [1.807, 2.05) is 0 Å². The Morgan fingerprint density at radius 1 is 1.31 bits per heavy atom. The molecule has 0 radical (unpaired) electrons. The van der Waals surface area contributed by atoms with E-state index in [1.54, 1.807) is 5.56 Å². The van der Waals surface area contributed by atoms with E-state index < -0.39 is 0 Å². The lowest BCUT2D eigenvalue weighted by atomic mass is 9.98. The highest BCUT2D eigenvalue weighted by atomic mass is 14.8. The number of rotatable bonds is 6. The summed E-state index contributed by atoms with van der Waals surface area (Å²) in [5, 5.41) is 3.42. The van der Waals surface area contributed by atoms with Crippen LogP contribution >= 0.6 is 0 Å². The largest absolute Gasteiger partial charge is 0.317 e. The van der Waals surface area contributed by atoms with Gasteiger partial charge in [0.1, 0.15) is 0 Å². The molecule has 1 aromatic rings. The molecule has 1 fully saturated rings. The lowest BCUT2D eigenvalue weighted by Gasteiger charge is -2.11. The molecule has 1 N–H and O–H groups in total. The van der Waals surface area contributed by atoms with Crippen LogP contribution in [-0.2, 0) is 0 Å². The van der Waals surface area contributed by atoms with Crippen LogP contribution in [0.25, 0.3) is 0 Å². The third-order valence-electron chi connectivity index (χ3n) is 3.82. The maximum atomic E-state index is 3.42. The molecule has 0 saturated heterocycles. The van der Waals surface area contributed by atoms with Gasteiger partial charge in [0.05, 0.1) is 0 Å². The number of hydrogen-bond donors (Lipinski definition) is 1. The minimum Gasteiger partial charge on any atom is -0.317 e. The molecule has 1 aliphatic carbocycles. The first-order valence-electron chi connectivity index (χ1n) is 6.58. The van der Waals surface area contributed by atoms with Gasteiger partial charge in [-0.05, 0) is 49.2 Å². The highest BCUT2D eigenvalue weighted by molar-refractivity contribution is 5.25. The molecule has 3 unspecified atom stereocenters. The van der Waals surface area contributed by atoms with E-state index in [-0.39, 0.29) is 0 Å². The highest BCUT2D eigenvalue weighted by Crippen LogP contribution is 2.52. The molecule has 3 atom stereocenters. The second-order valence-corrected chi connectivity index (χ2v) is 5.04. The predicted molar refractivity (Wildman–Crippen MR) is 69.6 cm³/mol. The summed E-state index contributed by atoms with van der Waals surface area (Å²) in [6, 6.07) is 11.0. The molecule has 16 heavy (non-hydrogen) atoms. The first-order valence-corrected chi connectivity index (χ1v) is 6.58. The zero-order chi connectivity index (χ0) is 11.4. The fourth-order valence-corrected chi connectivity index (χ4v) is 2.65. The Morgan fingerprint density at radius 3 is 2.75 bits per heavy atom. The molecule has 0 heterocycles. The van der Waals surface area contributed by atoms with Crippen LogP contribution in [0.3, 0.4) is 0 Å². The Labute approximate surface area is 99.3 Å². The van der Waals surface area contributed by atoms with E-state index in [0.29, 0.717) is 0 Å². The Bertz CT molecular complexity index is 306. The summed E-state index contributed by atoms with van der Waals surface area (Å²) in [5.74, 6) is 2.64.